The highest BCUT2D eigenvalue weighted by atomic mass is 32.2. The Hall–Kier alpha value is -7.88. The van der Waals surface area contributed by atoms with Crippen LogP contribution in [0.25, 0.3) is 0 Å². The summed E-state index contributed by atoms with van der Waals surface area (Å²) < 4.78 is 0. The number of hydrogen-bond donors (Lipinski definition) is 15. The SMILES string of the molecule is CCCCCCCCCCCCCCCC(=O)C[C@@H](CCSC)C(=O)NCC(=O)C[C@@H](Cc1ccc(O)cc1)C(=O)N[C@@H](CCC(N)=O)C(=O)C[C@@H](CCCCN)C(=O)N[C@@H](CCCCN)C(=O)C[C@@H](CC(C)C)C(=O)N[C@@H](CCCN=C(N)N)C(=O)C[C@@H](CO)C(=O)N[C@@H](CCSC)C(=O)C[C@@H](C)C(=O)N[C@@H](CC(=O)O)C(N)=O. The molecule has 0 aliphatic carbocycles. The first-order valence-electron chi connectivity index (χ1n) is 41.3. The third-order valence-electron chi connectivity index (χ3n) is 20.2. The van der Waals surface area contributed by atoms with Crippen LogP contribution in [0.1, 0.15) is 252 Å². The summed E-state index contributed by atoms with van der Waals surface area (Å²) in [6, 6.07) is -0.939. The molecule has 115 heavy (non-hydrogen) atoms. The molecule has 33 heteroatoms. The minimum atomic E-state index is -1.57. The molecule has 0 aliphatic rings. The Labute approximate surface area is 688 Å². The molecule has 0 unspecified atom stereocenters. The first kappa shape index (κ1) is 105. The summed E-state index contributed by atoms with van der Waals surface area (Å²) in [4.78, 5) is 209. The van der Waals surface area contributed by atoms with Gasteiger partial charge in [-0.25, -0.2) is 0 Å². The van der Waals surface area contributed by atoms with Gasteiger partial charge in [0.1, 0.15) is 17.6 Å². The second-order valence-corrected chi connectivity index (χ2v) is 32.8. The lowest BCUT2D eigenvalue weighted by Crippen LogP contribution is -2.50. The lowest BCUT2D eigenvalue weighted by Gasteiger charge is -2.27. The molecule has 0 saturated heterocycles. The number of phenols is 1. The summed E-state index contributed by atoms with van der Waals surface area (Å²) in [7, 11) is 0. The summed E-state index contributed by atoms with van der Waals surface area (Å²) in [6.45, 7) is 6.25. The van der Waals surface area contributed by atoms with Gasteiger partial charge in [0, 0.05) is 87.5 Å². The number of guanidine groups is 1. The third kappa shape index (κ3) is 48.4. The maximum absolute atomic E-state index is 14.8. The van der Waals surface area contributed by atoms with Gasteiger partial charge in [0.15, 0.2) is 34.9 Å². The Bertz CT molecular complexity index is 3200. The molecule has 1 rings (SSSR count). The second-order valence-electron chi connectivity index (χ2n) is 30.8. The van der Waals surface area contributed by atoms with Crippen LogP contribution in [0.3, 0.4) is 0 Å². The topological polar surface area (TPSA) is 557 Å². The van der Waals surface area contributed by atoms with Crippen LogP contribution < -0.4 is 66.3 Å². The first-order chi connectivity index (χ1) is 54.7. The molecular weight excluding hydrogens is 1520 g/mol. The fourth-order valence-electron chi connectivity index (χ4n) is 13.4. The molecule has 0 aromatic heterocycles. The van der Waals surface area contributed by atoms with E-state index in [1.807, 2.05) is 6.26 Å². The highest BCUT2D eigenvalue weighted by Crippen LogP contribution is 2.26. The summed E-state index contributed by atoms with van der Waals surface area (Å²) in [5.74, 6) is -17.4. The quantitative estimate of drug-likeness (QED) is 0.0217. The number of aliphatic carboxylic acids is 1. The molecule has 0 bridgehead atoms. The van der Waals surface area contributed by atoms with Crippen molar-refractivity contribution in [1.29, 1.82) is 0 Å². The molecule has 11 atom stereocenters. The first-order valence-corrected chi connectivity index (χ1v) is 44.1. The zero-order valence-electron chi connectivity index (χ0n) is 69.1. The zero-order chi connectivity index (χ0) is 86.2. The van der Waals surface area contributed by atoms with E-state index in [0.29, 0.717) is 55.6 Å². The van der Waals surface area contributed by atoms with E-state index in [2.05, 4.69) is 43.8 Å². The molecule has 31 nitrogen and oxygen atoms in total. The number of carbonyl (C=O) groups is 15. The summed E-state index contributed by atoms with van der Waals surface area (Å²) >= 11 is 2.86. The standard InChI is InChI=1S/C82H139N13O18S2/c1-7-8-9-10-11-12-13-14-15-16-17-18-19-26-62(98)45-57(35-40-114-5)77(109)90-51-63(99)46-59(44-55-29-31-61(97)32-30-55)80(112)93-66(33-34-73(85)104)70(101)47-56(25-20-22-37-83)78(110)91-64(27-21-23-38-84)71(102)48-58(42-53(2)3)79(111)92-65(28-24-39-89-82(87)88)72(103)49-60(52-96)81(113)94-67(36-41-115-6)69(100)43-54(4)76(108)95-68(75(86)107)50-74(105)106/h29-32,53-54,56-60,64-68,96-97H,7-28,33-52,83-84H2,1-6H3,(H2,85,104)(H2,86,107)(H,90,109)(H,91,110)(H,92,111)(H,93,112)(H,94,113)(H,95,108)(H,105,106)(H4,87,88,89)/t54-,56-,57-,58-,59-,60+,64+,65+,66+,67+,68+/m1/s1. The Kier molecular flexibility index (Phi) is 57.0. The fourth-order valence-corrected chi connectivity index (χ4v) is 14.4. The van der Waals surface area contributed by atoms with Gasteiger partial charge >= 0.3 is 5.97 Å². The van der Waals surface area contributed by atoms with Crippen molar-refractivity contribution < 1.29 is 87.2 Å². The molecule has 1 aromatic carbocycles. The molecule has 1 aromatic rings. The van der Waals surface area contributed by atoms with E-state index in [1.165, 1.54) is 100 Å². The van der Waals surface area contributed by atoms with E-state index in [0.717, 1.165) is 25.7 Å². The van der Waals surface area contributed by atoms with Crippen LogP contribution in [0.4, 0.5) is 0 Å². The number of amides is 8. The smallest absolute Gasteiger partial charge is 0.305 e. The van der Waals surface area contributed by atoms with Crippen molar-refractivity contribution >= 4 is 117 Å². The van der Waals surface area contributed by atoms with Crippen molar-refractivity contribution in [2.45, 2.75) is 283 Å². The van der Waals surface area contributed by atoms with Crippen LogP contribution in [0.15, 0.2) is 29.3 Å². The Morgan fingerprint density at radius 3 is 1.39 bits per heavy atom. The number of carboxylic acids is 1. The van der Waals surface area contributed by atoms with Crippen molar-refractivity contribution in [2.75, 3.05) is 56.8 Å². The van der Waals surface area contributed by atoms with Crippen LogP contribution in [0.5, 0.6) is 5.75 Å². The van der Waals surface area contributed by atoms with E-state index < -0.39 is 200 Å². The van der Waals surface area contributed by atoms with Gasteiger partial charge in [-0.15, -0.1) is 0 Å². The molecule has 0 spiro atoms. The largest absolute Gasteiger partial charge is 0.508 e. The summed E-state index contributed by atoms with van der Waals surface area (Å²) in [5.41, 5.74) is 34.4. The molecular formula is C82H139N13O18S2. The van der Waals surface area contributed by atoms with Gasteiger partial charge in [-0.3, -0.25) is 76.9 Å². The number of benzene rings is 1. The van der Waals surface area contributed by atoms with Gasteiger partial charge in [-0.1, -0.05) is 123 Å². The van der Waals surface area contributed by atoms with Crippen LogP contribution in [0.2, 0.25) is 0 Å². The van der Waals surface area contributed by atoms with E-state index in [1.54, 1.807) is 32.2 Å². The van der Waals surface area contributed by atoms with Crippen LogP contribution >= 0.6 is 23.5 Å². The fraction of sp³-hybridized carbons (Fsp3) is 0.732. The maximum Gasteiger partial charge on any atom is 0.305 e. The van der Waals surface area contributed by atoms with Gasteiger partial charge in [0.2, 0.25) is 47.3 Å². The average molecular weight is 1660 g/mol. The number of carboxylic acid groups (broad SMARTS) is 1. The van der Waals surface area contributed by atoms with E-state index >= 15 is 0 Å². The number of aromatic hydroxyl groups is 1. The molecule has 0 aliphatic heterocycles. The van der Waals surface area contributed by atoms with Crippen LogP contribution in [0, 0.1) is 41.4 Å². The van der Waals surface area contributed by atoms with E-state index in [-0.39, 0.29) is 107 Å². The minimum absolute atomic E-state index is 0.00316. The number of nitrogens with one attached hydrogen (secondary N) is 6. The van der Waals surface area contributed by atoms with Crippen molar-refractivity contribution in [2.24, 2.45) is 80.8 Å². The zero-order valence-corrected chi connectivity index (χ0v) is 70.8. The molecule has 652 valence electrons. The highest BCUT2D eigenvalue weighted by Gasteiger charge is 2.37. The number of aliphatic hydroxyl groups is 1. The molecule has 0 fully saturated rings. The number of thioether (sulfide) groups is 2. The van der Waals surface area contributed by atoms with Gasteiger partial charge in [-0.2, -0.15) is 23.5 Å². The van der Waals surface area contributed by atoms with Gasteiger partial charge in [0.05, 0.1) is 49.7 Å². The highest BCUT2D eigenvalue weighted by molar-refractivity contribution is 7.98. The average Bonchev–Trinajstić information content (AvgIpc) is 0.858. The summed E-state index contributed by atoms with van der Waals surface area (Å²) in [6.07, 6.45) is 17.2. The number of Topliss-reactive ketones (excluding diaryl/α,β-unsaturated/α-hetero) is 6. The predicted octanol–water partition coefficient (Wildman–Crippen LogP) is 5.51. The lowest BCUT2D eigenvalue weighted by molar-refractivity contribution is -0.140. The van der Waals surface area contributed by atoms with Crippen molar-refractivity contribution in [3.8, 4) is 5.75 Å². The number of hydrogen-bond acceptors (Lipinski definition) is 22. The van der Waals surface area contributed by atoms with Gasteiger partial charge in [0.25, 0.3) is 0 Å². The van der Waals surface area contributed by atoms with Gasteiger partial charge in [-0.05, 0) is 144 Å². The number of nitrogens with zero attached hydrogens (tertiary/aromatic N) is 1. The van der Waals surface area contributed by atoms with Crippen LogP contribution in [-0.4, -0.2) is 196 Å². The molecule has 0 saturated carbocycles. The molecule has 21 N–H and O–H groups in total. The van der Waals surface area contributed by atoms with Gasteiger partial charge < -0.3 is 81.6 Å². The van der Waals surface area contributed by atoms with Crippen molar-refractivity contribution in [1.82, 2.24) is 31.9 Å². The number of carbonyl (C=O) groups excluding carboxylic acids is 14. The molecule has 0 radical (unpaired) electrons. The number of nitrogens with two attached hydrogens (primary N) is 6. The minimum Gasteiger partial charge on any atom is -0.508 e. The van der Waals surface area contributed by atoms with Crippen LogP contribution in [-0.2, 0) is 78.3 Å². The number of ketones is 6. The lowest BCUT2D eigenvalue weighted by atomic mass is 9.87. The number of primary amides is 2. The number of phenolic OH excluding ortho intramolecular Hbond substituents is 1. The number of unbranched alkanes of at least 4 members (excludes halogenated alkanes) is 14. The Morgan fingerprint density at radius 2 is 0.887 bits per heavy atom. The van der Waals surface area contributed by atoms with Crippen molar-refractivity contribution in [3.05, 3.63) is 29.8 Å². The van der Waals surface area contributed by atoms with Crippen molar-refractivity contribution in [3.63, 3.8) is 0 Å². The van der Waals surface area contributed by atoms with E-state index in [9.17, 15) is 87.2 Å². The second kappa shape index (κ2) is 62.4. The van der Waals surface area contributed by atoms with E-state index in [4.69, 9.17) is 34.4 Å². The number of aliphatic imine (C=N–C) groups is 1. The summed E-state index contributed by atoms with van der Waals surface area (Å²) in [5, 5.41) is 45.8. The normalized spacial score (nSPS) is 14.2. The maximum atomic E-state index is 14.8. The number of rotatable bonds is 72. The molecule has 8 amide bonds. The molecule has 0 heterocycles. The third-order valence-corrected chi connectivity index (χ3v) is 21.5. The Balaban J connectivity index is 3.57. The predicted molar refractivity (Wildman–Crippen MR) is 447 cm³/mol. The number of aliphatic hydroxyl groups excluding tert-OH is 1. The Morgan fingerprint density at radius 1 is 0.443 bits per heavy atom. The monoisotopic (exact) mass is 1660 g/mol.